The van der Waals surface area contributed by atoms with E-state index in [4.69, 9.17) is 4.98 Å². The van der Waals surface area contributed by atoms with Crippen molar-refractivity contribution in [1.29, 1.82) is 0 Å². The highest BCUT2D eigenvalue weighted by Crippen LogP contribution is 2.18. The summed E-state index contributed by atoms with van der Waals surface area (Å²) in [5.74, 6) is 1.07. The third-order valence-corrected chi connectivity index (χ3v) is 3.72. The van der Waals surface area contributed by atoms with E-state index in [1.165, 1.54) is 18.4 Å². The molecule has 1 unspecified atom stereocenters. The number of aromatic nitrogens is 1. The van der Waals surface area contributed by atoms with E-state index in [0.29, 0.717) is 6.04 Å². The van der Waals surface area contributed by atoms with Crippen molar-refractivity contribution < 1.29 is 0 Å². The Morgan fingerprint density at radius 3 is 2.45 bits per heavy atom. The van der Waals surface area contributed by atoms with Gasteiger partial charge in [0, 0.05) is 30.9 Å². The minimum absolute atomic E-state index is 0.136. The molecule has 1 aromatic heterocycles. The van der Waals surface area contributed by atoms with E-state index < -0.39 is 0 Å². The van der Waals surface area contributed by atoms with Gasteiger partial charge >= 0.3 is 0 Å². The highest BCUT2D eigenvalue weighted by Gasteiger charge is 2.13. The molecule has 0 saturated carbocycles. The zero-order valence-corrected chi connectivity index (χ0v) is 14.2. The van der Waals surface area contributed by atoms with E-state index in [1.54, 1.807) is 0 Å². The van der Waals surface area contributed by atoms with E-state index in [-0.39, 0.29) is 5.54 Å². The third kappa shape index (κ3) is 5.12. The van der Waals surface area contributed by atoms with Gasteiger partial charge in [-0.3, -0.25) is 0 Å². The first-order valence-corrected chi connectivity index (χ1v) is 7.69. The molecule has 0 aliphatic rings. The van der Waals surface area contributed by atoms with Crippen LogP contribution in [0.2, 0.25) is 0 Å². The van der Waals surface area contributed by atoms with Gasteiger partial charge in [0.2, 0.25) is 0 Å². The molecule has 0 fully saturated rings. The zero-order chi connectivity index (χ0) is 15.3. The highest BCUT2D eigenvalue weighted by molar-refractivity contribution is 5.41. The Bertz CT molecular complexity index is 421. The summed E-state index contributed by atoms with van der Waals surface area (Å²) in [7, 11) is 2.13. The van der Waals surface area contributed by atoms with Gasteiger partial charge < -0.3 is 10.2 Å². The summed E-state index contributed by atoms with van der Waals surface area (Å²) in [5, 5.41) is 3.52. The number of hydrogen-bond donors (Lipinski definition) is 1. The largest absolute Gasteiger partial charge is 0.357 e. The number of nitrogens with zero attached hydrogens (tertiary/aromatic N) is 2. The monoisotopic (exact) mass is 277 g/mol. The average molecular weight is 277 g/mol. The molecular formula is C17H31N3. The van der Waals surface area contributed by atoms with Crippen LogP contribution in [0.4, 0.5) is 5.82 Å². The molecule has 1 aromatic rings. The van der Waals surface area contributed by atoms with Crippen LogP contribution in [0.15, 0.2) is 12.1 Å². The minimum Gasteiger partial charge on any atom is -0.357 e. The van der Waals surface area contributed by atoms with Crippen LogP contribution in [-0.4, -0.2) is 23.6 Å². The van der Waals surface area contributed by atoms with Gasteiger partial charge in [-0.15, -0.1) is 0 Å². The molecule has 0 radical (unpaired) electrons. The van der Waals surface area contributed by atoms with Crippen LogP contribution >= 0.6 is 0 Å². The van der Waals surface area contributed by atoms with Gasteiger partial charge in [-0.05, 0) is 52.7 Å². The van der Waals surface area contributed by atoms with Gasteiger partial charge in [0.1, 0.15) is 5.82 Å². The molecular weight excluding hydrogens is 246 g/mol. The van der Waals surface area contributed by atoms with Crippen molar-refractivity contribution >= 4 is 5.82 Å². The van der Waals surface area contributed by atoms with Crippen molar-refractivity contribution in [3.8, 4) is 0 Å². The summed E-state index contributed by atoms with van der Waals surface area (Å²) < 4.78 is 0. The maximum Gasteiger partial charge on any atom is 0.128 e. The van der Waals surface area contributed by atoms with Crippen molar-refractivity contribution in [1.82, 2.24) is 10.3 Å². The molecule has 0 aliphatic heterocycles. The number of nitrogens with one attached hydrogen (secondary N) is 1. The van der Waals surface area contributed by atoms with Crippen LogP contribution in [0.5, 0.6) is 0 Å². The van der Waals surface area contributed by atoms with E-state index in [1.807, 2.05) is 0 Å². The lowest BCUT2D eigenvalue weighted by molar-refractivity contribution is 0.423. The second-order valence-electron chi connectivity index (χ2n) is 6.77. The van der Waals surface area contributed by atoms with Crippen LogP contribution in [0.25, 0.3) is 0 Å². The number of aryl methyl sites for hydroxylation is 1. The molecule has 0 bridgehead atoms. The summed E-state index contributed by atoms with van der Waals surface area (Å²) in [4.78, 5) is 7.04. The lowest BCUT2D eigenvalue weighted by atomic mass is 10.1. The van der Waals surface area contributed by atoms with Crippen molar-refractivity contribution in [2.24, 2.45) is 0 Å². The molecule has 1 N–H and O–H groups in total. The van der Waals surface area contributed by atoms with Gasteiger partial charge in [-0.25, -0.2) is 4.98 Å². The molecule has 0 spiro atoms. The third-order valence-electron chi connectivity index (χ3n) is 3.72. The number of hydrogen-bond acceptors (Lipinski definition) is 3. The predicted molar refractivity (Wildman–Crippen MR) is 88.3 cm³/mol. The fourth-order valence-electron chi connectivity index (χ4n) is 2.16. The Morgan fingerprint density at radius 2 is 1.95 bits per heavy atom. The number of rotatable bonds is 6. The van der Waals surface area contributed by atoms with E-state index in [2.05, 4.69) is 70.9 Å². The lowest BCUT2D eigenvalue weighted by Crippen LogP contribution is -2.35. The van der Waals surface area contributed by atoms with Crippen LogP contribution in [0.1, 0.15) is 58.7 Å². The SMILES string of the molecule is CCCC(C)N(C)c1ccc(CNC(C)(C)C)c(C)n1. The van der Waals surface area contributed by atoms with Gasteiger partial charge in [0.05, 0.1) is 0 Å². The molecule has 1 atom stereocenters. The molecule has 1 heterocycles. The van der Waals surface area contributed by atoms with Crippen LogP contribution < -0.4 is 10.2 Å². The summed E-state index contributed by atoms with van der Waals surface area (Å²) in [6.45, 7) is 14.0. The normalized spacial score (nSPS) is 13.3. The molecule has 0 amide bonds. The Hall–Kier alpha value is -1.09. The molecule has 3 nitrogen and oxygen atoms in total. The maximum atomic E-state index is 4.76. The van der Waals surface area contributed by atoms with E-state index in [0.717, 1.165) is 18.1 Å². The van der Waals surface area contributed by atoms with E-state index in [9.17, 15) is 0 Å². The first-order valence-electron chi connectivity index (χ1n) is 7.69. The molecule has 0 aliphatic carbocycles. The van der Waals surface area contributed by atoms with Gasteiger partial charge in [0.25, 0.3) is 0 Å². The minimum atomic E-state index is 0.136. The molecule has 114 valence electrons. The topological polar surface area (TPSA) is 28.2 Å². The van der Waals surface area contributed by atoms with Gasteiger partial charge in [-0.1, -0.05) is 19.4 Å². The number of anilines is 1. The lowest BCUT2D eigenvalue weighted by Gasteiger charge is -2.27. The smallest absolute Gasteiger partial charge is 0.128 e. The first-order chi connectivity index (χ1) is 9.24. The quantitative estimate of drug-likeness (QED) is 0.854. The van der Waals surface area contributed by atoms with Gasteiger partial charge in [-0.2, -0.15) is 0 Å². The summed E-state index contributed by atoms with van der Waals surface area (Å²) in [6.07, 6.45) is 2.41. The fourth-order valence-corrected chi connectivity index (χ4v) is 2.16. The number of pyridine rings is 1. The Morgan fingerprint density at radius 1 is 1.30 bits per heavy atom. The Kier molecular flexibility index (Phi) is 6.00. The van der Waals surface area contributed by atoms with Crippen LogP contribution in [-0.2, 0) is 6.54 Å². The molecule has 1 rings (SSSR count). The highest BCUT2D eigenvalue weighted by atomic mass is 15.2. The van der Waals surface area contributed by atoms with E-state index >= 15 is 0 Å². The summed E-state index contributed by atoms with van der Waals surface area (Å²) >= 11 is 0. The molecule has 3 heteroatoms. The van der Waals surface area contributed by atoms with Crippen molar-refractivity contribution in [3.63, 3.8) is 0 Å². The fraction of sp³-hybridized carbons (Fsp3) is 0.706. The zero-order valence-electron chi connectivity index (χ0n) is 14.2. The van der Waals surface area contributed by atoms with Crippen molar-refractivity contribution in [3.05, 3.63) is 23.4 Å². The van der Waals surface area contributed by atoms with Crippen LogP contribution in [0, 0.1) is 6.92 Å². The first kappa shape index (κ1) is 17.0. The summed E-state index contributed by atoms with van der Waals surface area (Å²) in [6, 6.07) is 4.87. The second-order valence-corrected chi connectivity index (χ2v) is 6.77. The average Bonchev–Trinajstić information content (AvgIpc) is 2.35. The van der Waals surface area contributed by atoms with Gasteiger partial charge in [0.15, 0.2) is 0 Å². The predicted octanol–water partition coefficient (Wildman–Crippen LogP) is 3.90. The van der Waals surface area contributed by atoms with Crippen molar-refractivity contribution in [2.75, 3.05) is 11.9 Å². The molecule has 0 saturated heterocycles. The molecule has 0 aromatic carbocycles. The summed E-state index contributed by atoms with van der Waals surface area (Å²) in [5.41, 5.74) is 2.53. The standard InChI is InChI=1S/C17H31N3/c1-8-9-13(2)20(7)16-11-10-15(14(3)19-16)12-18-17(4,5)6/h10-11,13,18H,8-9,12H2,1-7H3. The van der Waals surface area contributed by atoms with Crippen molar-refractivity contribution in [2.45, 2.75) is 72.5 Å². The van der Waals surface area contributed by atoms with Crippen LogP contribution in [0.3, 0.4) is 0 Å². The second kappa shape index (κ2) is 7.07. The Labute approximate surface area is 124 Å². The maximum absolute atomic E-state index is 4.76. The Balaban J connectivity index is 2.77. The molecule has 20 heavy (non-hydrogen) atoms.